The molecule has 1 aromatic rings. The summed E-state index contributed by atoms with van der Waals surface area (Å²) in [6.45, 7) is 3.07. The Kier molecular flexibility index (Phi) is 6.23. The van der Waals surface area contributed by atoms with Crippen molar-refractivity contribution in [1.82, 2.24) is 4.90 Å². The predicted molar refractivity (Wildman–Crippen MR) is 89.9 cm³/mol. The summed E-state index contributed by atoms with van der Waals surface area (Å²) in [5, 5.41) is 0. The van der Waals surface area contributed by atoms with Gasteiger partial charge < -0.3 is 19.1 Å². The molecular formula is C18H23NO5. The number of hydrogen-bond acceptors (Lipinski definition) is 5. The summed E-state index contributed by atoms with van der Waals surface area (Å²) in [6, 6.07) is 5.28. The van der Waals surface area contributed by atoms with E-state index in [1.807, 2.05) is 0 Å². The van der Waals surface area contributed by atoms with E-state index in [4.69, 9.17) is 14.2 Å². The summed E-state index contributed by atoms with van der Waals surface area (Å²) in [4.78, 5) is 25.8. The third kappa shape index (κ3) is 4.50. The highest BCUT2D eigenvalue weighted by molar-refractivity contribution is 5.90. The van der Waals surface area contributed by atoms with E-state index in [0.29, 0.717) is 17.1 Å². The quantitative estimate of drug-likeness (QED) is 0.590. The normalized spacial score (nSPS) is 15.4. The zero-order valence-electron chi connectivity index (χ0n) is 14.3. The Morgan fingerprint density at radius 1 is 1.17 bits per heavy atom. The Balaban J connectivity index is 1.96. The summed E-state index contributed by atoms with van der Waals surface area (Å²) in [5.41, 5.74) is 0.716. The van der Waals surface area contributed by atoms with Crippen molar-refractivity contribution in [2.45, 2.75) is 25.9 Å². The zero-order chi connectivity index (χ0) is 17.5. The lowest BCUT2D eigenvalue weighted by Crippen LogP contribution is -2.37. The molecule has 6 nitrogen and oxygen atoms in total. The number of benzene rings is 1. The van der Waals surface area contributed by atoms with Crippen LogP contribution in [0.5, 0.6) is 11.5 Å². The molecule has 0 saturated carbocycles. The number of methoxy groups -OCH3 is 2. The van der Waals surface area contributed by atoms with Gasteiger partial charge in [-0.1, -0.05) is 0 Å². The van der Waals surface area contributed by atoms with Gasteiger partial charge in [-0.05, 0) is 38.0 Å². The summed E-state index contributed by atoms with van der Waals surface area (Å²) in [7, 11) is 3.11. The van der Waals surface area contributed by atoms with Crippen LogP contribution in [0.4, 0.5) is 0 Å². The second kappa shape index (κ2) is 8.38. The molecule has 0 aromatic heterocycles. The summed E-state index contributed by atoms with van der Waals surface area (Å²) in [5.74, 6) is 0.542. The molecule has 2 rings (SSSR count). The van der Waals surface area contributed by atoms with Crippen molar-refractivity contribution in [2.75, 3.05) is 27.3 Å². The molecule has 1 unspecified atom stereocenters. The van der Waals surface area contributed by atoms with E-state index in [0.717, 1.165) is 25.9 Å². The molecule has 1 aliphatic rings. The maximum Gasteiger partial charge on any atom is 0.331 e. The lowest BCUT2D eigenvalue weighted by molar-refractivity contribution is -0.154. The second-order valence-electron chi connectivity index (χ2n) is 5.55. The highest BCUT2D eigenvalue weighted by Gasteiger charge is 2.25. The molecule has 6 heteroatoms. The smallest absolute Gasteiger partial charge is 0.331 e. The number of esters is 1. The van der Waals surface area contributed by atoms with Crippen molar-refractivity contribution in [1.29, 1.82) is 0 Å². The average Bonchev–Trinajstić information content (AvgIpc) is 3.13. The van der Waals surface area contributed by atoms with Crippen LogP contribution in [0.1, 0.15) is 25.3 Å². The minimum absolute atomic E-state index is 0.142. The molecule has 24 heavy (non-hydrogen) atoms. The van der Waals surface area contributed by atoms with Gasteiger partial charge in [-0.15, -0.1) is 0 Å². The molecule has 1 aliphatic heterocycles. The third-order valence-electron chi connectivity index (χ3n) is 3.90. The van der Waals surface area contributed by atoms with Crippen LogP contribution in [0, 0.1) is 0 Å². The van der Waals surface area contributed by atoms with E-state index >= 15 is 0 Å². The van der Waals surface area contributed by atoms with E-state index in [9.17, 15) is 9.59 Å². The van der Waals surface area contributed by atoms with Crippen molar-refractivity contribution in [3.05, 3.63) is 29.8 Å². The minimum Gasteiger partial charge on any atom is -0.497 e. The molecule has 1 aromatic carbocycles. The highest BCUT2D eigenvalue weighted by Crippen LogP contribution is 2.25. The monoisotopic (exact) mass is 333 g/mol. The van der Waals surface area contributed by atoms with Gasteiger partial charge in [0, 0.05) is 30.8 Å². The standard InChI is InChI=1S/C18H23NO5/c1-13(18(21)19-10-4-5-11-19)24-17(20)9-7-14-6-8-15(22-2)12-16(14)23-3/h6-9,12-13H,4-5,10-11H2,1-3H3/b9-7+. The highest BCUT2D eigenvalue weighted by atomic mass is 16.5. The zero-order valence-corrected chi connectivity index (χ0v) is 14.3. The van der Waals surface area contributed by atoms with Gasteiger partial charge in [0.1, 0.15) is 11.5 Å². The fraction of sp³-hybridized carbons (Fsp3) is 0.444. The second-order valence-corrected chi connectivity index (χ2v) is 5.55. The molecule has 1 heterocycles. The van der Waals surface area contributed by atoms with Gasteiger partial charge >= 0.3 is 5.97 Å². The molecule has 0 radical (unpaired) electrons. The molecule has 0 bridgehead atoms. The van der Waals surface area contributed by atoms with Gasteiger partial charge in [0.25, 0.3) is 5.91 Å². The molecule has 1 saturated heterocycles. The van der Waals surface area contributed by atoms with Crippen LogP contribution in [0.15, 0.2) is 24.3 Å². The van der Waals surface area contributed by atoms with Crippen molar-refractivity contribution < 1.29 is 23.8 Å². The van der Waals surface area contributed by atoms with Gasteiger partial charge in [-0.2, -0.15) is 0 Å². The number of carbonyl (C=O) groups excluding carboxylic acids is 2. The van der Waals surface area contributed by atoms with Crippen LogP contribution in [0.2, 0.25) is 0 Å². The lowest BCUT2D eigenvalue weighted by atomic mass is 10.1. The molecule has 1 fully saturated rings. The lowest BCUT2D eigenvalue weighted by Gasteiger charge is -2.19. The van der Waals surface area contributed by atoms with E-state index < -0.39 is 12.1 Å². The number of rotatable bonds is 6. The van der Waals surface area contributed by atoms with Crippen LogP contribution in [-0.4, -0.2) is 50.2 Å². The number of carbonyl (C=O) groups is 2. The van der Waals surface area contributed by atoms with Gasteiger partial charge in [0.2, 0.25) is 0 Å². The molecule has 0 spiro atoms. The Morgan fingerprint density at radius 3 is 2.50 bits per heavy atom. The number of likely N-dealkylation sites (tertiary alicyclic amines) is 1. The molecule has 1 atom stereocenters. The molecule has 1 amide bonds. The first-order valence-corrected chi connectivity index (χ1v) is 7.94. The largest absolute Gasteiger partial charge is 0.497 e. The fourth-order valence-corrected chi connectivity index (χ4v) is 2.57. The summed E-state index contributed by atoms with van der Waals surface area (Å²) < 4.78 is 15.6. The van der Waals surface area contributed by atoms with Crippen LogP contribution < -0.4 is 9.47 Å². The van der Waals surface area contributed by atoms with Crippen molar-refractivity contribution in [2.24, 2.45) is 0 Å². The van der Waals surface area contributed by atoms with Crippen LogP contribution in [-0.2, 0) is 14.3 Å². The summed E-state index contributed by atoms with van der Waals surface area (Å²) >= 11 is 0. The minimum atomic E-state index is -0.780. The number of amides is 1. The topological polar surface area (TPSA) is 65.1 Å². The molecule has 130 valence electrons. The third-order valence-corrected chi connectivity index (χ3v) is 3.90. The first-order valence-electron chi connectivity index (χ1n) is 7.94. The number of hydrogen-bond donors (Lipinski definition) is 0. The van der Waals surface area contributed by atoms with Crippen molar-refractivity contribution in [3.8, 4) is 11.5 Å². The van der Waals surface area contributed by atoms with Crippen molar-refractivity contribution >= 4 is 18.0 Å². The Hall–Kier alpha value is -2.50. The average molecular weight is 333 g/mol. The Morgan fingerprint density at radius 2 is 1.88 bits per heavy atom. The molecule has 0 N–H and O–H groups in total. The van der Waals surface area contributed by atoms with Crippen LogP contribution in [0.3, 0.4) is 0 Å². The van der Waals surface area contributed by atoms with Crippen LogP contribution in [0.25, 0.3) is 6.08 Å². The Bertz CT molecular complexity index is 620. The van der Waals surface area contributed by atoms with E-state index in [1.165, 1.54) is 6.08 Å². The number of ether oxygens (including phenoxy) is 3. The maximum absolute atomic E-state index is 12.1. The molecular weight excluding hydrogens is 310 g/mol. The maximum atomic E-state index is 12.1. The predicted octanol–water partition coefficient (Wildman–Crippen LogP) is 2.27. The van der Waals surface area contributed by atoms with Crippen molar-refractivity contribution in [3.63, 3.8) is 0 Å². The van der Waals surface area contributed by atoms with Gasteiger partial charge in [0.15, 0.2) is 6.10 Å². The van der Waals surface area contributed by atoms with E-state index in [2.05, 4.69) is 0 Å². The number of nitrogens with zero attached hydrogens (tertiary/aromatic N) is 1. The Labute approximate surface area is 142 Å². The molecule has 0 aliphatic carbocycles. The van der Waals surface area contributed by atoms with Gasteiger partial charge in [0.05, 0.1) is 14.2 Å². The van der Waals surface area contributed by atoms with E-state index in [1.54, 1.807) is 50.3 Å². The van der Waals surface area contributed by atoms with Gasteiger partial charge in [-0.25, -0.2) is 4.79 Å². The summed E-state index contributed by atoms with van der Waals surface area (Å²) in [6.07, 6.45) is 4.11. The SMILES string of the molecule is COc1ccc(/C=C/C(=O)OC(C)C(=O)N2CCCC2)c(OC)c1. The fourth-order valence-electron chi connectivity index (χ4n) is 2.57. The first-order chi connectivity index (χ1) is 11.5. The van der Waals surface area contributed by atoms with Crippen LogP contribution >= 0.6 is 0 Å². The first kappa shape index (κ1) is 17.8. The van der Waals surface area contributed by atoms with E-state index in [-0.39, 0.29) is 5.91 Å². The van der Waals surface area contributed by atoms with Gasteiger partial charge in [-0.3, -0.25) is 4.79 Å².